The molecule has 1 unspecified atom stereocenters. The molecule has 1 heterocycles. The van der Waals surface area contributed by atoms with Crippen LogP contribution in [0.1, 0.15) is 66.2 Å². The number of carbonyl (C=O) groups is 1. The molecule has 0 aromatic heterocycles. The van der Waals surface area contributed by atoms with E-state index in [2.05, 4.69) is 32.6 Å². The van der Waals surface area contributed by atoms with E-state index in [1.165, 1.54) is 6.42 Å². The third kappa shape index (κ3) is 1.97. The Morgan fingerprint density at radius 1 is 1.08 bits per heavy atom. The van der Waals surface area contributed by atoms with Crippen molar-refractivity contribution in [3.05, 3.63) is 0 Å². The van der Waals surface area contributed by atoms with Crippen molar-refractivity contribution in [2.45, 2.75) is 78.4 Å². The lowest BCUT2D eigenvalue weighted by Gasteiger charge is -2.63. The Morgan fingerprint density at radius 2 is 1.79 bits per heavy atom. The number of hydrogen-bond donors (Lipinski definition) is 1. The highest BCUT2D eigenvalue weighted by Gasteiger charge is 2.64. The van der Waals surface area contributed by atoms with Crippen LogP contribution in [-0.2, 0) is 4.79 Å². The number of amides is 1. The van der Waals surface area contributed by atoms with E-state index in [1.807, 2.05) is 7.05 Å². The first-order valence-corrected chi connectivity index (χ1v) is 10.1. The lowest BCUT2D eigenvalue weighted by atomic mass is 9.44. The van der Waals surface area contributed by atoms with Gasteiger partial charge >= 0.3 is 0 Å². The van der Waals surface area contributed by atoms with Crippen LogP contribution in [0.4, 0.5) is 0 Å². The van der Waals surface area contributed by atoms with Crippen LogP contribution in [0.3, 0.4) is 0 Å². The van der Waals surface area contributed by atoms with Crippen LogP contribution in [0.2, 0.25) is 0 Å². The van der Waals surface area contributed by atoms with E-state index >= 15 is 0 Å². The number of piperidine rings is 1. The second-order valence-electron chi connectivity index (χ2n) is 10.2. The molecule has 1 saturated heterocycles. The second kappa shape index (κ2) is 5.22. The SMILES string of the molecule is CC1C[C@H](O)[C@@]2(C)CC[C@H]3[C@@H]([C@@H](C)C[C@H]4N(C)C(=O)CC[C@]34C)[C@H]12. The van der Waals surface area contributed by atoms with Gasteiger partial charge in [-0.15, -0.1) is 0 Å². The Morgan fingerprint density at radius 3 is 2.50 bits per heavy atom. The maximum atomic E-state index is 12.3. The summed E-state index contributed by atoms with van der Waals surface area (Å²) in [5.41, 5.74) is 0.392. The molecule has 3 nitrogen and oxygen atoms in total. The number of nitrogens with zero attached hydrogens (tertiary/aromatic N) is 1. The predicted molar refractivity (Wildman–Crippen MR) is 95.3 cm³/mol. The van der Waals surface area contributed by atoms with Gasteiger partial charge in [-0.05, 0) is 72.5 Å². The summed E-state index contributed by atoms with van der Waals surface area (Å²) in [6.07, 6.45) is 6.20. The number of aliphatic hydroxyl groups excluding tert-OH is 1. The predicted octanol–water partition coefficient (Wildman–Crippen LogP) is 3.70. The van der Waals surface area contributed by atoms with Gasteiger partial charge in [-0.25, -0.2) is 0 Å². The van der Waals surface area contributed by atoms with E-state index in [0.29, 0.717) is 35.6 Å². The first-order valence-electron chi connectivity index (χ1n) is 10.1. The Labute approximate surface area is 147 Å². The largest absolute Gasteiger partial charge is 0.393 e. The minimum absolute atomic E-state index is 0.119. The van der Waals surface area contributed by atoms with Gasteiger partial charge in [-0.3, -0.25) is 4.79 Å². The van der Waals surface area contributed by atoms with Crippen molar-refractivity contribution < 1.29 is 9.90 Å². The highest BCUT2D eigenvalue weighted by atomic mass is 16.3. The third-order valence-corrected chi connectivity index (χ3v) is 9.20. The maximum absolute atomic E-state index is 12.3. The molecule has 0 bridgehead atoms. The smallest absolute Gasteiger partial charge is 0.222 e. The fourth-order valence-electron chi connectivity index (χ4n) is 7.93. The van der Waals surface area contributed by atoms with Crippen molar-refractivity contribution in [2.24, 2.45) is 40.4 Å². The number of carbonyl (C=O) groups excluding carboxylic acids is 1. The monoisotopic (exact) mass is 333 g/mol. The summed E-state index contributed by atoms with van der Waals surface area (Å²) < 4.78 is 0. The van der Waals surface area contributed by atoms with Crippen molar-refractivity contribution in [3.8, 4) is 0 Å². The summed E-state index contributed by atoms with van der Waals surface area (Å²) in [5.74, 6) is 3.71. The lowest BCUT2D eigenvalue weighted by molar-refractivity contribution is -0.171. The van der Waals surface area contributed by atoms with Crippen LogP contribution in [0.15, 0.2) is 0 Å². The summed E-state index contributed by atoms with van der Waals surface area (Å²) in [6, 6.07) is 0.418. The molecule has 4 rings (SSSR count). The normalized spacial score (nSPS) is 57.3. The first-order chi connectivity index (χ1) is 11.2. The van der Waals surface area contributed by atoms with E-state index in [-0.39, 0.29) is 16.9 Å². The molecule has 4 aliphatic rings. The van der Waals surface area contributed by atoms with Crippen LogP contribution < -0.4 is 0 Å². The molecule has 0 spiro atoms. The second-order valence-corrected chi connectivity index (χ2v) is 10.2. The fraction of sp³-hybridized carbons (Fsp3) is 0.952. The molecule has 3 heteroatoms. The van der Waals surface area contributed by atoms with Crippen molar-refractivity contribution >= 4 is 5.91 Å². The minimum Gasteiger partial charge on any atom is -0.393 e. The summed E-state index contributed by atoms with van der Waals surface area (Å²) in [4.78, 5) is 14.4. The molecule has 9 atom stereocenters. The van der Waals surface area contributed by atoms with Gasteiger partial charge < -0.3 is 10.0 Å². The van der Waals surface area contributed by atoms with E-state index in [4.69, 9.17) is 0 Å². The van der Waals surface area contributed by atoms with E-state index in [9.17, 15) is 9.90 Å². The number of fused-ring (bicyclic) bond motifs is 5. The van der Waals surface area contributed by atoms with Crippen LogP contribution in [0.5, 0.6) is 0 Å². The Balaban J connectivity index is 1.73. The summed E-state index contributed by atoms with van der Waals surface area (Å²) >= 11 is 0. The average molecular weight is 334 g/mol. The van der Waals surface area contributed by atoms with E-state index in [0.717, 1.165) is 38.0 Å². The van der Waals surface area contributed by atoms with Gasteiger partial charge in [-0.2, -0.15) is 0 Å². The van der Waals surface area contributed by atoms with Crippen LogP contribution in [-0.4, -0.2) is 35.1 Å². The zero-order chi connectivity index (χ0) is 17.4. The molecule has 4 fully saturated rings. The molecule has 1 N–H and O–H groups in total. The van der Waals surface area contributed by atoms with Crippen molar-refractivity contribution in [1.82, 2.24) is 4.90 Å². The van der Waals surface area contributed by atoms with Crippen LogP contribution in [0, 0.1) is 40.4 Å². The standard InChI is InChI=1S/C21H35NO2/c1-12-10-15-20(3,9-7-17(24)22(15)5)14-6-8-21(4)16(23)11-13(2)19(21)18(12)14/h12-16,18-19,23H,6-11H2,1-5H3/t12-,13?,14-,15+,16-,18+,19-,20+,21+/m0/s1. The molecular formula is C21H35NO2. The molecule has 3 aliphatic carbocycles. The van der Waals surface area contributed by atoms with Gasteiger partial charge in [0.05, 0.1) is 6.10 Å². The van der Waals surface area contributed by atoms with Gasteiger partial charge in [0.15, 0.2) is 0 Å². The van der Waals surface area contributed by atoms with Gasteiger partial charge in [-0.1, -0.05) is 27.7 Å². The highest BCUT2D eigenvalue weighted by Crippen LogP contribution is 2.67. The summed E-state index contributed by atoms with van der Waals surface area (Å²) in [5, 5.41) is 10.8. The minimum atomic E-state index is -0.119. The number of aliphatic hydroxyl groups is 1. The van der Waals surface area contributed by atoms with E-state index < -0.39 is 0 Å². The molecule has 3 saturated carbocycles. The molecule has 136 valence electrons. The third-order valence-electron chi connectivity index (χ3n) is 9.20. The highest BCUT2D eigenvalue weighted by molar-refractivity contribution is 5.77. The van der Waals surface area contributed by atoms with Crippen LogP contribution >= 0.6 is 0 Å². The molecule has 0 aromatic rings. The maximum Gasteiger partial charge on any atom is 0.222 e. The summed E-state index contributed by atoms with van der Waals surface area (Å²) in [6.45, 7) is 9.63. The van der Waals surface area contributed by atoms with Gasteiger partial charge in [0.25, 0.3) is 0 Å². The molecule has 0 radical (unpaired) electrons. The molecule has 0 aromatic carbocycles. The Bertz CT molecular complexity index is 548. The van der Waals surface area contributed by atoms with Crippen molar-refractivity contribution in [3.63, 3.8) is 0 Å². The topological polar surface area (TPSA) is 40.5 Å². The number of likely N-dealkylation sites (tertiary alicyclic amines) is 1. The zero-order valence-electron chi connectivity index (χ0n) is 16.1. The van der Waals surface area contributed by atoms with Gasteiger partial charge in [0, 0.05) is 19.5 Å². The Hall–Kier alpha value is -0.570. The Kier molecular flexibility index (Phi) is 3.67. The van der Waals surface area contributed by atoms with Crippen LogP contribution in [0.25, 0.3) is 0 Å². The number of hydrogen-bond acceptors (Lipinski definition) is 2. The van der Waals surface area contributed by atoms with Crippen molar-refractivity contribution in [1.29, 1.82) is 0 Å². The molecular weight excluding hydrogens is 298 g/mol. The van der Waals surface area contributed by atoms with Gasteiger partial charge in [0.1, 0.15) is 0 Å². The molecule has 1 amide bonds. The fourth-order valence-corrected chi connectivity index (χ4v) is 7.93. The average Bonchev–Trinajstić information content (AvgIpc) is 2.76. The lowest BCUT2D eigenvalue weighted by Crippen LogP contribution is -2.63. The van der Waals surface area contributed by atoms with E-state index in [1.54, 1.807) is 0 Å². The summed E-state index contributed by atoms with van der Waals surface area (Å²) in [7, 11) is 2.03. The molecule has 1 aliphatic heterocycles. The van der Waals surface area contributed by atoms with Crippen molar-refractivity contribution in [2.75, 3.05) is 7.05 Å². The molecule has 24 heavy (non-hydrogen) atoms. The number of rotatable bonds is 0. The first kappa shape index (κ1) is 16.9. The quantitative estimate of drug-likeness (QED) is 0.734. The van der Waals surface area contributed by atoms with Gasteiger partial charge in [0.2, 0.25) is 5.91 Å². The zero-order valence-corrected chi connectivity index (χ0v) is 16.1.